The zero-order valence-electron chi connectivity index (χ0n) is 14.6. The van der Waals surface area contributed by atoms with Crippen LogP contribution in [0.5, 0.6) is 0 Å². The highest BCUT2D eigenvalue weighted by molar-refractivity contribution is 5.82. The number of likely N-dealkylation sites (tertiary alicyclic amines) is 1. The number of nitrogens with zero attached hydrogens (tertiary/aromatic N) is 2. The largest absolute Gasteiger partial charge is 0.390 e. The van der Waals surface area contributed by atoms with Gasteiger partial charge in [-0.2, -0.15) is 0 Å². The minimum absolute atomic E-state index is 0.164. The van der Waals surface area contributed by atoms with Crippen LogP contribution in [0.1, 0.15) is 43.2 Å². The van der Waals surface area contributed by atoms with Gasteiger partial charge in [-0.15, -0.1) is 0 Å². The van der Waals surface area contributed by atoms with E-state index in [1.807, 2.05) is 12.4 Å². The molecule has 0 radical (unpaired) electrons. The van der Waals surface area contributed by atoms with Crippen molar-refractivity contribution in [1.29, 1.82) is 0 Å². The van der Waals surface area contributed by atoms with Gasteiger partial charge in [-0.3, -0.25) is 9.78 Å². The topological polar surface area (TPSA) is 53.4 Å². The first-order valence-electron chi connectivity index (χ1n) is 10.0. The van der Waals surface area contributed by atoms with Crippen molar-refractivity contribution in [3.8, 4) is 0 Å². The molecule has 25 heavy (non-hydrogen) atoms. The van der Waals surface area contributed by atoms with Gasteiger partial charge in [0.2, 0.25) is 5.91 Å². The van der Waals surface area contributed by atoms with E-state index in [0.29, 0.717) is 35.6 Å². The molecule has 7 atom stereocenters. The van der Waals surface area contributed by atoms with Crippen LogP contribution >= 0.6 is 0 Å². The van der Waals surface area contributed by atoms with Crippen LogP contribution in [0.2, 0.25) is 0 Å². The molecule has 3 unspecified atom stereocenters. The molecule has 4 saturated carbocycles. The van der Waals surface area contributed by atoms with E-state index in [0.717, 1.165) is 38.6 Å². The smallest absolute Gasteiger partial charge is 0.226 e. The molecule has 4 bridgehead atoms. The van der Waals surface area contributed by atoms with Crippen molar-refractivity contribution in [2.75, 3.05) is 6.54 Å². The number of aromatic nitrogens is 1. The number of hydrogen-bond acceptors (Lipinski definition) is 3. The lowest BCUT2D eigenvalue weighted by Crippen LogP contribution is -2.62. The zero-order chi connectivity index (χ0) is 16.8. The Hall–Kier alpha value is -1.42. The van der Waals surface area contributed by atoms with Crippen molar-refractivity contribution in [2.45, 2.75) is 56.6 Å². The molecule has 1 saturated heterocycles. The van der Waals surface area contributed by atoms with Gasteiger partial charge in [0.15, 0.2) is 0 Å². The van der Waals surface area contributed by atoms with Gasteiger partial charge in [-0.25, -0.2) is 0 Å². The molecule has 0 aromatic carbocycles. The van der Waals surface area contributed by atoms with E-state index in [2.05, 4.69) is 16.0 Å². The molecule has 1 aromatic rings. The average molecular weight is 338 g/mol. The minimum Gasteiger partial charge on any atom is -0.390 e. The maximum absolute atomic E-state index is 13.3. The van der Waals surface area contributed by atoms with E-state index in [1.54, 1.807) is 0 Å². The number of fused-ring (bicyclic) bond motifs is 2. The number of aliphatic hydroxyl groups is 1. The van der Waals surface area contributed by atoms with Crippen molar-refractivity contribution < 1.29 is 9.90 Å². The van der Waals surface area contributed by atoms with Gasteiger partial charge >= 0.3 is 0 Å². The van der Waals surface area contributed by atoms with E-state index in [4.69, 9.17) is 0 Å². The highest BCUT2D eigenvalue weighted by Crippen LogP contribution is 2.58. The molecular weight excluding hydrogens is 312 g/mol. The van der Waals surface area contributed by atoms with E-state index in [9.17, 15) is 9.90 Å². The summed E-state index contributed by atoms with van der Waals surface area (Å²) >= 11 is 0. The lowest BCUT2D eigenvalue weighted by molar-refractivity contribution is -0.168. The number of pyridine rings is 1. The Labute approximate surface area is 148 Å². The lowest BCUT2D eigenvalue weighted by atomic mass is 9.52. The molecule has 2 heterocycles. The van der Waals surface area contributed by atoms with E-state index < -0.39 is 5.60 Å². The molecular formula is C21H26N2O2. The quantitative estimate of drug-likeness (QED) is 0.854. The van der Waals surface area contributed by atoms with Crippen LogP contribution in [0.3, 0.4) is 0 Å². The van der Waals surface area contributed by atoms with Crippen LogP contribution in [-0.2, 0) is 17.6 Å². The SMILES string of the molecule is O=C1[C@H]2Cc3cnccc3C[C@H]2CN1C1[C@@H]2CC3C[C@H]1CC(O)(C3)C2. The number of amides is 1. The van der Waals surface area contributed by atoms with Crippen molar-refractivity contribution in [1.82, 2.24) is 9.88 Å². The first kappa shape index (κ1) is 14.7. The molecule has 0 spiro atoms. The zero-order valence-corrected chi connectivity index (χ0v) is 14.6. The van der Waals surface area contributed by atoms with Crippen LogP contribution < -0.4 is 0 Å². The third-order valence-corrected chi connectivity index (χ3v) is 8.08. The summed E-state index contributed by atoms with van der Waals surface area (Å²) in [6.45, 7) is 0.937. The third kappa shape index (κ3) is 2.03. The Morgan fingerprint density at radius 2 is 1.88 bits per heavy atom. The second kappa shape index (κ2) is 4.85. The van der Waals surface area contributed by atoms with Gasteiger partial charge < -0.3 is 10.0 Å². The van der Waals surface area contributed by atoms with Crippen LogP contribution in [0.4, 0.5) is 0 Å². The maximum atomic E-state index is 13.3. The summed E-state index contributed by atoms with van der Waals surface area (Å²) in [4.78, 5) is 19.8. The molecule has 132 valence electrons. The molecule has 6 aliphatic rings. The Morgan fingerprint density at radius 3 is 2.64 bits per heavy atom. The summed E-state index contributed by atoms with van der Waals surface area (Å²) in [7, 11) is 0. The number of carbonyl (C=O) groups excluding carboxylic acids is 1. The summed E-state index contributed by atoms with van der Waals surface area (Å²) in [5, 5.41) is 10.8. The van der Waals surface area contributed by atoms with Crippen LogP contribution in [0.15, 0.2) is 18.5 Å². The van der Waals surface area contributed by atoms with Crippen molar-refractivity contribution in [3.05, 3.63) is 29.6 Å². The monoisotopic (exact) mass is 338 g/mol. The van der Waals surface area contributed by atoms with Crippen LogP contribution in [-0.4, -0.2) is 39.1 Å². The van der Waals surface area contributed by atoms with E-state index >= 15 is 0 Å². The van der Waals surface area contributed by atoms with Gasteiger partial charge in [0.25, 0.3) is 0 Å². The van der Waals surface area contributed by atoms with Crippen molar-refractivity contribution in [3.63, 3.8) is 0 Å². The molecule has 1 N–H and O–H groups in total. The summed E-state index contributed by atoms with van der Waals surface area (Å²) < 4.78 is 0. The number of carbonyl (C=O) groups is 1. The lowest BCUT2D eigenvalue weighted by Gasteiger charge is -2.59. The molecule has 4 nitrogen and oxygen atoms in total. The van der Waals surface area contributed by atoms with Crippen molar-refractivity contribution in [2.24, 2.45) is 29.6 Å². The Balaban J connectivity index is 1.29. The predicted octanol–water partition coefficient (Wildman–Crippen LogP) is 2.19. The Bertz CT molecular complexity index is 731. The first-order chi connectivity index (χ1) is 12.1. The summed E-state index contributed by atoms with van der Waals surface area (Å²) in [6.07, 6.45) is 11.1. The Morgan fingerprint density at radius 1 is 1.08 bits per heavy atom. The molecule has 5 fully saturated rings. The third-order valence-electron chi connectivity index (χ3n) is 8.08. The van der Waals surface area contributed by atoms with Gasteiger partial charge in [0, 0.05) is 30.9 Å². The summed E-state index contributed by atoms with van der Waals surface area (Å²) in [5.41, 5.74) is 2.26. The predicted molar refractivity (Wildman–Crippen MR) is 92.6 cm³/mol. The molecule has 4 heteroatoms. The Kier molecular flexibility index (Phi) is 2.85. The second-order valence-corrected chi connectivity index (χ2v) is 9.59. The molecule has 7 rings (SSSR count). The van der Waals surface area contributed by atoms with Gasteiger partial charge in [0.05, 0.1) is 5.60 Å². The van der Waals surface area contributed by atoms with Gasteiger partial charge in [-0.1, -0.05) is 0 Å². The first-order valence-corrected chi connectivity index (χ1v) is 10.0. The molecule has 5 aliphatic carbocycles. The van der Waals surface area contributed by atoms with E-state index in [1.165, 1.54) is 24.0 Å². The standard InChI is InChI=1S/C21H26N2O2/c24-20-18-6-16-10-22-2-1-13(16)5-17(18)11-23(20)19-14-3-12-4-15(19)9-21(25,7-12)8-14/h1-2,10,12,14-15,17-19,25H,3-9,11H2/t12?,14-,15+,17-,18-,19?,21?/m0/s1. The fourth-order valence-corrected chi connectivity index (χ4v) is 7.44. The van der Waals surface area contributed by atoms with Crippen LogP contribution in [0, 0.1) is 29.6 Å². The number of hydrogen-bond donors (Lipinski definition) is 1. The highest BCUT2D eigenvalue weighted by Gasteiger charge is 2.58. The maximum Gasteiger partial charge on any atom is 0.226 e. The normalized spacial score (nSPS) is 47.1. The fourth-order valence-electron chi connectivity index (χ4n) is 7.44. The second-order valence-electron chi connectivity index (χ2n) is 9.59. The van der Waals surface area contributed by atoms with E-state index in [-0.39, 0.29) is 5.92 Å². The summed E-state index contributed by atoms with van der Waals surface area (Å²) in [5.74, 6) is 2.80. The minimum atomic E-state index is -0.412. The molecule has 1 aliphatic heterocycles. The van der Waals surface area contributed by atoms with Crippen molar-refractivity contribution >= 4 is 5.91 Å². The van der Waals surface area contributed by atoms with Gasteiger partial charge in [-0.05, 0) is 85.8 Å². The fraction of sp³-hybridized carbons (Fsp3) is 0.714. The highest BCUT2D eigenvalue weighted by atomic mass is 16.3. The van der Waals surface area contributed by atoms with Crippen LogP contribution in [0.25, 0.3) is 0 Å². The van der Waals surface area contributed by atoms with Gasteiger partial charge in [0.1, 0.15) is 0 Å². The molecule has 1 aromatic heterocycles. The average Bonchev–Trinajstić information content (AvgIpc) is 2.87. The molecule has 1 amide bonds. The summed E-state index contributed by atoms with van der Waals surface area (Å²) in [6, 6.07) is 2.54. The number of rotatable bonds is 1.